The Morgan fingerprint density at radius 1 is 1.47 bits per heavy atom. The molecule has 2 aliphatic heterocycles. The molecule has 0 saturated carbocycles. The number of piperidine rings is 1. The minimum atomic E-state index is 0. The molecule has 0 aromatic carbocycles. The van der Waals surface area contributed by atoms with Gasteiger partial charge in [-0.25, -0.2) is 0 Å². The third-order valence-electron chi connectivity index (χ3n) is 3.76. The van der Waals surface area contributed by atoms with Crippen molar-refractivity contribution < 1.29 is 9.59 Å². The highest BCUT2D eigenvalue weighted by molar-refractivity contribution is 5.85. The van der Waals surface area contributed by atoms with Crippen molar-refractivity contribution in [2.45, 2.75) is 38.6 Å². The number of amides is 2. The van der Waals surface area contributed by atoms with Crippen molar-refractivity contribution >= 4 is 24.2 Å². The minimum Gasteiger partial charge on any atom is -0.352 e. The average molecular weight is 290 g/mol. The summed E-state index contributed by atoms with van der Waals surface area (Å²) in [5.74, 6) is 0.511. The summed E-state index contributed by atoms with van der Waals surface area (Å²) in [6.45, 7) is 5.32. The Morgan fingerprint density at radius 2 is 2.16 bits per heavy atom. The molecular formula is C13H24ClN3O2. The molecule has 0 radical (unpaired) electrons. The molecule has 1 atom stereocenters. The van der Waals surface area contributed by atoms with Gasteiger partial charge in [0.05, 0.1) is 0 Å². The molecule has 0 bridgehead atoms. The van der Waals surface area contributed by atoms with Crippen LogP contribution >= 0.6 is 12.4 Å². The largest absolute Gasteiger partial charge is 0.352 e. The van der Waals surface area contributed by atoms with Crippen LogP contribution in [0.1, 0.15) is 32.6 Å². The van der Waals surface area contributed by atoms with Crippen LogP contribution in [0.2, 0.25) is 0 Å². The van der Waals surface area contributed by atoms with Gasteiger partial charge in [-0.2, -0.15) is 0 Å². The van der Waals surface area contributed by atoms with E-state index in [9.17, 15) is 9.59 Å². The van der Waals surface area contributed by atoms with E-state index in [4.69, 9.17) is 0 Å². The summed E-state index contributed by atoms with van der Waals surface area (Å²) >= 11 is 0. The number of nitrogens with zero attached hydrogens (tertiary/aromatic N) is 1. The van der Waals surface area contributed by atoms with E-state index in [0.29, 0.717) is 13.0 Å². The molecule has 5 nitrogen and oxygen atoms in total. The normalized spacial score (nSPS) is 21.9. The summed E-state index contributed by atoms with van der Waals surface area (Å²) in [4.78, 5) is 25.4. The number of rotatable bonds is 4. The number of hydrogen-bond donors (Lipinski definition) is 2. The van der Waals surface area contributed by atoms with E-state index < -0.39 is 0 Å². The molecule has 2 heterocycles. The summed E-state index contributed by atoms with van der Waals surface area (Å²) in [6, 6.07) is 0.0504. The van der Waals surface area contributed by atoms with Crippen LogP contribution in [0.25, 0.3) is 0 Å². The van der Waals surface area contributed by atoms with Crippen LogP contribution < -0.4 is 10.6 Å². The molecule has 2 fully saturated rings. The summed E-state index contributed by atoms with van der Waals surface area (Å²) in [7, 11) is 0. The first-order chi connectivity index (χ1) is 8.66. The van der Waals surface area contributed by atoms with Gasteiger partial charge in [-0.05, 0) is 39.3 Å². The van der Waals surface area contributed by atoms with E-state index in [1.807, 2.05) is 11.8 Å². The molecule has 1 unspecified atom stereocenters. The van der Waals surface area contributed by atoms with Gasteiger partial charge in [0.15, 0.2) is 0 Å². The fourth-order valence-corrected chi connectivity index (χ4v) is 2.72. The molecule has 2 rings (SSSR count). The zero-order chi connectivity index (χ0) is 13.0. The predicted molar refractivity (Wildman–Crippen MR) is 76.3 cm³/mol. The van der Waals surface area contributed by atoms with Crippen molar-refractivity contribution in [3.05, 3.63) is 0 Å². The van der Waals surface area contributed by atoms with Gasteiger partial charge in [0, 0.05) is 31.5 Å². The molecule has 6 heteroatoms. The van der Waals surface area contributed by atoms with E-state index >= 15 is 0 Å². The lowest BCUT2D eigenvalue weighted by Crippen LogP contribution is -2.46. The fraction of sp³-hybridized carbons (Fsp3) is 0.846. The minimum absolute atomic E-state index is 0. The Balaban J connectivity index is 0.00000180. The predicted octanol–water partition coefficient (Wildman–Crippen LogP) is 0.535. The van der Waals surface area contributed by atoms with Crippen LogP contribution in [0, 0.1) is 5.92 Å². The lowest BCUT2D eigenvalue weighted by molar-refractivity contribution is -0.130. The SMILES string of the molecule is CC(CN1CCCC1=O)NC(=O)C1CCNCC1.Cl. The van der Waals surface area contributed by atoms with Crippen molar-refractivity contribution in [1.82, 2.24) is 15.5 Å². The zero-order valence-corrected chi connectivity index (χ0v) is 12.3. The first kappa shape index (κ1) is 16.2. The van der Waals surface area contributed by atoms with Crippen molar-refractivity contribution in [2.24, 2.45) is 5.92 Å². The number of likely N-dealkylation sites (tertiary alicyclic amines) is 1. The Morgan fingerprint density at radius 3 is 2.74 bits per heavy atom. The molecular weight excluding hydrogens is 266 g/mol. The molecule has 0 spiro atoms. The van der Waals surface area contributed by atoms with E-state index in [1.165, 1.54) is 0 Å². The number of halogens is 1. The maximum absolute atomic E-state index is 12.0. The van der Waals surface area contributed by atoms with Crippen molar-refractivity contribution in [3.63, 3.8) is 0 Å². The third-order valence-corrected chi connectivity index (χ3v) is 3.76. The zero-order valence-electron chi connectivity index (χ0n) is 11.5. The maximum Gasteiger partial charge on any atom is 0.223 e. The molecule has 0 aliphatic carbocycles. The second-order valence-electron chi connectivity index (χ2n) is 5.38. The third kappa shape index (κ3) is 4.66. The van der Waals surface area contributed by atoms with Gasteiger partial charge in [0.25, 0.3) is 0 Å². The van der Waals surface area contributed by atoms with Crippen LogP contribution in [0.4, 0.5) is 0 Å². The van der Waals surface area contributed by atoms with Gasteiger partial charge in [-0.1, -0.05) is 0 Å². The Bertz CT molecular complexity index is 319. The second-order valence-corrected chi connectivity index (χ2v) is 5.38. The molecule has 2 amide bonds. The van der Waals surface area contributed by atoms with E-state index in [2.05, 4.69) is 10.6 Å². The van der Waals surface area contributed by atoms with Crippen LogP contribution in [0.5, 0.6) is 0 Å². The van der Waals surface area contributed by atoms with Crippen molar-refractivity contribution in [2.75, 3.05) is 26.2 Å². The number of hydrogen-bond acceptors (Lipinski definition) is 3. The molecule has 2 saturated heterocycles. The van der Waals surface area contributed by atoms with Crippen LogP contribution in [-0.2, 0) is 9.59 Å². The second kappa shape index (κ2) is 7.70. The summed E-state index contributed by atoms with van der Waals surface area (Å²) in [5.41, 5.74) is 0. The summed E-state index contributed by atoms with van der Waals surface area (Å²) in [6.07, 6.45) is 3.45. The lowest BCUT2D eigenvalue weighted by atomic mass is 9.97. The fourth-order valence-electron chi connectivity index (χ4n) is 2.72. The van der Waals surface area contributed by atoms with Gasteiger partial charge >= 0.3 is 0 Å². The van der Waals surface area contributed by atoms with E-state index in [0.717, 1.165) is 38.9 Å². The molecule has 2 aliphatic rings. The highest BCUT2D eigenvalue weighted by atomic mass is 35.5. The number of nitrogens with one attached hydrogen (secondary N) is 2. The van der Waals surface area contributed by atoms with Crippen LogP contribution in [-0.4, -0.2) is 48.9 Å². The molecule has 0 aromatic rings. The van der Waals surface area contributed by atoms with Gasteiger partial charge in [0.2, 0.25) is 11.8 Å². The van der Waals surface area contributed by atoms with Crippen molar-refractivity contribution in [1.29, 1.82) is 0 Å². The summed E-state index contributed by atoms with van der Waals surface area (Å²) < 4.78 is 0. The molecule has 110 valence electrons. The van der Waals surface area contributed by atoms with Crippen molar-refractivity contribution in [3.8, 4) is 0 Å². The highest BCUT2D eigenvalue weighted by Gasteiger charge is 2.25. The topological polar surface area (TPSA) is 61.4 Å². The highest BCUT2D eigenvalue weighted by Crippen LogP contribution is 2.13. The molecule has 0 aromatic heterocycles. The van der Waals surface area contributed by atoms with Gasteiger partial charge in [0.1, 0.15) is 0 Å². The van der Waals surface area contributed by atoms with Crippen LogP contribution in [0.3, 0.4) is 0 Å². The van der Waals surface area contributed by atoms with E-state index in [-0.39, 0.29) is 36.2 Å². The average Bonchev–Trinajstić information content (AvgIpc) is 2.76. The Hall–Kier alpha value is -0.810. The smallest absolute Gasteiger partial charge is 0.223 e. The maximum atomic E-state index is 12.0. The van der Waals surface area contributed by atoms with Gasteiger partial charge in [-0.3, -0.25) is 9.59 Å². The Labute approximate surface area is 120 Å². The van der Waals surface area contributed by atoms with E-state index in [1.54, 1.807) is 0 Å². The number of carbonyl (C=O) groups excluding carboxylic acids is 2. The summed E-state index contributed by atoms with van der Waals surface area (Å²) in [5, 5.41) is 6.29. The Kier molecular flexibility index (Phi) is 6.58. The first-order valence-corrected chi connectivity index (χ1v) is 6.95. The lowest BCUT2D eigenvalue weighted by Gasteiger charge is -2.26. The quantitative estimate of drug-likeness (QED) is 0.794. The van der Waals surface area contributed by atoms with Gasteiger partial charge < -0.3 is 15.5 Å². The van der Waals surface area contributed by atoms with Gasteiger partial charge in [-0.15, -0.1) is 12.4 Å². The first-order valence-electron chi connectivity index (χ1n) is 6.95. The monoisotopic (exact) mass is 289 g/mol. The van der Waals surface area contributed by atoms with Crippen LogP contribution in [0.15, 0.2) is 0 Å². The molecule has 2 N–H and O–H groups in total. The molecule has 19 heavy (non-hydrogen) atoms. The standard InChI is InChI=1S/C13H23N3O2.ClH/c1-10(9-16-8-2-3-12(16)17)15-13(18)11-4-6-14-7-5-11;/h10-11,14H,2-9H2,1H3,(H,15,18);1H. The number of carbonyl (C=O) groups is 2.